The van der Waals surface area contributed by atoms with Gasteiger partial charge >= 0.3 is 0 Å². The molecule has 2 N–H and O–H groups in total. The van der Waals surface area contributed by atoms with E-state index in [1.807, 2.05) is 50.5 Å². The van der Waals surface area contributed by atoms with Gasteiger partial charge in [0.1, 0.15) is 0 Å². The second-order valence-electron chi connectivity index (χ2n) is 8.37. The zero-order valence-electron chi connectivity index (χ0n) is 20.0. The molecule has 0 unspecified atom stereocenters. The van der Waals surface area contributed by atoms with E-state index in [2.05, 4.69) is 83.5 Å². The average molecular weight is 457 g/mol. The average Bonchev–Trinajstić information content (AvgIpc) is 3.16. The molecule has 0 fully saturated rings. The molecule has 0 bridgehead atoms. The van der Waals surface area contributed by atoms with Gasteiger partial charge in [0, 0.05) is 54.2 Å². The Morgan fingerprint density at radius 1 is 0.600 bits per heavy atom. The largest absolute Gasteiger partial charge is 0.391 e. The number of benzene rings is 3. The minimum Gasteiger partial charge on any atom is -0.391 e. The summed E-state index contributed by atoms with van der Waals surface area (Å²) in [5, 5.41) is 6.59. The van der Waals surface area contributed by atoms with Crippen LogP contribution in [0.25, 0.3) is 39.5 Å². The molecule has 0 atom stereocenters. The van der Waals surface area contributed by atoms with Crippen LogP contribution in [0.5, 0.6) is 0 Å². The van der Waals surface area contributed by atoms with Gasteiger partial charge in [-0.2, -0.15) is 0 Å². The van der Waals surface area contributed by atoms with Gasteiger partial charge < -0.3 is 10.6 Å². The van der Waals surface area contributed by atoms with E-state index in [-0.39, 0.29) is 0 Å². The molecule has 0 spiro atoms. The molecule has 1 aromatic heterocycles. The lowest BCUT2D eigenvalue weighted by molar-refractivity contribution is 0.942. The van der Waals surface area contributed by atoms with E-state index in [1.54, 1.807) is 0 Å². The molecule has 0 saturated carbocycles. The highest BCUT2D eigenvalue weighted by Crippen LogP contribution is 2.30. The monoisotopic (exact) mass is 456 g/mol. The van der Waals surface area contributed by atoms with E-state index in [4.69, 9.17) is 9.97 Å². The van der Waals surface area contributed by atoms with Crippen molar-refractivity contribution in [2.75, 3.05) is 14.1 Å². The summed E-state index contributed by atoms with van der Waals surface area (Å²) in [6.07, 6.45) is 7.36. The first kappa shape index (κ1) is 22.4. The summed E-state index contributed by atoms with van der Waals surface area (Å²) < 4.78 is 0. The summed E-state index contributed by atoms with van der Waals surface area (Å²) in [5.74, 6) is 0.718. The van der Waals surface area contributed by atoms with Crippen molar-refractivity contribution in [3.63, 3.8) is 0 Å². The lowest BCUT2D eigenvalue weighted by Gasteiger charge is -2.13. The zero-order valence-corrected chi connectivity index (χ0v) is 20.0. The molecule has 4 heteroatoms. The summed E-state index contributed by atoms with van der Waals surface area (Å²) >= 11 is 0. The maximum Gasteiger partial charge on any atom is 0.160 e. The first-order valence-corrected chi connectivity index (χ1v) is 11.8. The molecule has 4 nitrogen and oxygen atoms in total. The number of likely N-dealkylation sites (N-methyl/N-ethyl adjacent to an activating group) is 1. The summed E-state index contributed by atoms with van der Waals surface area (Å²) in [7, 11) is 3.92. The third-order valence-corrected chi connectivity index (χ3v) is 6.18. The highest BCUT2D eigenvalue weighted by Gasteiger charge is 2.13. The molecule has 4 aromatic rings. The molecule has 3 aromatic carbocycles. The number of allylic oxidation sites excluding steroid dienone is 4. The van der Waals surface area contributed by atoms with E-state index >= 15 is 0 Å². The zero-order chi connectivity index (χ0) is 24.0. The van der Waals surface area contributed by atoms with Gasteiger partial charge in [0.2, 0.25) is 0 Å². The lowest BCUT2D eigenvalue weighted by atomic mass is 10.00. The Kier molecular flexibility index (Phi) is 6.53. The standard InChI is InChI=1S/C31H28N4/c1-32-26-17-19-27(28(33-2)20-18-26)22-13-15-25(16-14-22)31-34-29(23-9-5-3-6-10-23)21-30(35-31)24-11-7-4-8-12-24/h3-16,18-21,32-33H,17H2,1-2H3. The smallest absolute Gasteiger partial charge is 0.160 e. The van der Waals surface area contributed by atoms with Gasteiger partial charge in [-0.05, 0) is 23.8 Å². The Labute approximate surface area is 206 Å². The van der Waals surface area contributed by atoms with Gasteiger partial charge in [-0.3, -0.25) is 0 Å². The summed E-state index contributed by atoms with van der Waals surface area (Å²) in [6, 6.07) is 31.1. The van der Waals surface area contributed by atoms with Crippen LogP contribution in [0, 0.1) is 0 Å². The van der Waals surface area contributed by atoms with E-state index < -0.39 is 0 Å². The Morgan fingerprint density at radius 3 is 1.71 bits per heavy atom. The van der Waals surface area contributed by atoms with Crippen LogP contribution in [0.15, 0.2) is 121 Å². The quantitative estimate of drug-likeness (QED) is 0.349. The summed E-state index contributed by atoms with van der Waals surface area (Å²) in [4.78, 5) is 9.89. The van der Waals surface area contributed by atoms with Crippen molar-refractivity contribution in [3.8, 4) is 33.9 Å². The minimum atomic E-state index is 0.718. The maximum absolute atomic E-state index is 4.94. The van der Waals surface area contributed by atoms with E-state index in [0.717, 1.165) is 51.6 Å². The molecule has 0 saturated heterocycles. The number of nitrogens with one attached hydrogen (secondary N) is 2. The highest BCUT2D eigenvalue weighted by atomic mass is 14.9. The van der Waals surface area contributed by atoms with Crippen molar-refractivity contribution in [3.05, 3.63) is 126 Å². The highest BCUT2D eigenvalue weighted by molar-refractivity contribution is 5.81. The van der Waals surface area contributed by atoms with Crippen molar-refractivity contribution in [1.29, 1.82) is 0 Å². The van der Waals surface area contributed by atoms with E-state index in [1.165, 1.54) is 11.3 Å². The van der Waals surface area contributed by atoms with Crippen molar-refractivity contribution in [2.24, 2.45) is 0 Å². The van der Waals surface area contributed by atoms with Crippen molar-refractivity contribution in [2.45, 2.75) is 6.42 Å². The molecule has 172 valence electrons. The summed E-state index contributed by atoms with van der Waals surface area (Å²) in [6.45, 7) is 0. The van der Waals surface area contributed by atoms with Gasteiger partial charge in [0.05, 0.1) is 11.4 Å². The first-order valence-electron chi connectivity index (χ1n) is 11.8. The molecule has 0 radical (unpaired) electrons. The maximum atomic E-state index is 4.94. The molecule has 0 amide bonds. The predicted octanol–water partition coefficient (Wildman–Crippen LogP) is 6.47. The normalized spacial score (nSPS) is 13.3. The molecule has 1 heterocycles. The van der Waals surface area contributed by atoms with Crippen LogP contribution in [0.1, 0.15) is 12.0 Å². The van der Waals surface area contributed by atoms with Gasteiger partial charge in [-0.1, -0.05) is 91.0 Å². The van der Waals surface area contributed by atoms with Gasteiger partial charge in [-0.15, -0.1) is 0 Å². The Morgan fingerprint density at radius 2 is 1.17 bits per heavy atom. The second-order valence-corrected chi connectivity index (χ2v) is 8.37. The van der Waals surface area contributed by atoms with E-state index in [0.29, 0.717) is 0 Å². The van der Waals surface area contributed by atoms with E-state index in [9.17, 15) is 0 Å². The van der Waals surface area contributed by atoms with Crippen LogP contribution >= 0.6 is 0 Å². The molecule has 0 aliphatic heterocycles. The van der Waals surface area contributed by atoms with Crippen LogP contribution in [0.3, 0.4) is 0 Å². The third-order valence-electron chi connectivity index (χ3n) is 6.18. The third kappa shape index (κ3) is 4.92. The Hall–Kier alpha value is -4.44. The van der Waals surface area contributed by atoms with Crippen LogP contribution in [0.2, 0.25) is 0 Å². The first-order chi connectivity index (χ1) is 17.2. The van der Waals surface area contributed by atoms with Gasteiger partial charge in [0.25, 0.3) is 0 Å². The predicted molar refractivity (Wildman–Crippen MR) is 145 cm³/mol. The van der Waals surface area contributed by atoms with Crippen LogP contribution < -0.4 is 10.6 Å². The number of rotatable bonds is 6. The number of hydrogen-bond donors (Lipinski definition) is 2. The fourth-order valence-electron chi connectivity index (χ4n) is 4.23. The molecule has 35 heavy (non-hydrogen) atoms. The minimum absolute atomic E-state index is 0.718. The fraction of sp³-hybridized carbons (Fsp3) is 0.0968. The number of nitrogens with zero attached hydrogens (tertiary/aromatic N) is 2. The number of hydrogen-bond acceptors (Lipinski definition) is 4. The fourth-order valence-corrected chi connectivity index (χ4v) is 4.23. The van der Waals surface area contributed by atoms with Crippen LogP contribution in [-0.2, 0) is 0 Å². The van der Waals surface area contributed by atoms with Crippen LogP contribution in [-0.4, -0.2) is 24.1 Å². The summed E-state index contributed by atoms with van der Waals surface area (Å²) in [5.41, 5.74) is 9.58. The molecular weight excluding hydrogens is 428 g/mol. The molecule has 5 rings (SSSR count). The van der Waals surface area contributed by atoms with Crippen molar-refractivity contribution >= 4 is 5.57 Å². The van der Waals surface area contributed by atoms with Crippen LogP contribution in [0.4, 0.5) is 0 Å². The lowest BCUT2D eigenvalue weighted by Crippen LogP contribution is -2.07. The molecule has 1 aliphatic carbocycles. The van der Waals surface area contributed by atoms with Crippen molar-refractivity contribution in [1.82, 2.24) is 20.6 Å². The van der Waals surface area contributed by atoms with Gasteiger partial charge in [-0.25, -0.2) is 9.97 Å². The number of aromatic nitrogens is 2. The Balaban J connectivity index is 1.54. The molecule has 1 aliphatic rings. The van der Waals surface area contributed by atoms with Crippen molar-refractivity contribution < 1.29 is 0 Å². The van der Waals surface area contributed by atoms with Gasteiger partial charge in [0.15, 0.2) is 5.82 Å². The topological polar surface area (TPSA) is 49.8 Å². The SMILES string of the molecule is CNC1=CC=C(NC)C(c2ccc(-c3nc(-c4ccccc4)cc(-c4ccccc4)n3)cc2)=CC1. The molecular formula is C31H28N4. The second kappa shape index (κ2) is 10.2. The Bertz CT molecular complexity index is 1340.